The summed E-state index contributed by atoms with van der Waals surface area (Å²) in [4.78, 5) is 4.57. The molecule has 96 valence electrons. The molecule has 18 heavy (non-hydrogen) atoms. The number of nitrogens with zero attached hydrogens (tertiary/aromatic N) is 1. The predicted octanol–water partition coefficient (Wildman–Crippen LogP) is 2.30. The van der Waals surface area contributed by atoms with Gasteiger partial charge in [0.05, 0.1) is 0 Å². The Hall–Kier alpha value is -1.42. The Morgan fingerprint density at radius 3 is 2.78 bits per heavy atom. The lowest BCUT2D eigenvalue weighted by molar-refractivity contribution is 0.284. The minimum atomic E-state index is -0.193. The van der Waals surface area contributed by atoms with Crippen molar-refractivity contribution in [2.45, 2.75) is 18.9 Å². The largest absolute Gasteiger partial charge is 0.478 e. The predicted molar refractivity (Wildman–Crippen MR) is 68.1 cm³/mol. The van der Waals surface area contributed by atoms with Crippen molar-refractivity contribution in [3.05, 3.63) is 35.6 Å². The van der Waals surface area contributed by atoms with Gasteiger partial charge in [-0.1, -0.05) is 18.2 Å². The molecule has 0 bridgehead atoms. The normalized spacial score (nSPS) is 24.7. The molecule has 1 unspecified atom stereocenters. The summed E-state index contributed by atoms with van der Waals surface area (Å²) in [5.74, 6) is 1.04. The molecular weight excluding hydrogens is 231 g/mol. The van der Waals surface area contributed by atoms with E-state index in [1.165, 1.54) is 6.07 Å². The first-order valence-corrected chi connectivity index (χ1v) is 6.50. The molecule has 1 N–H and O–H groups in total. The molecule has 2 aliphatic heterocycles. The monoisotopic (exact) mass is 248 g/mol. The molecule has 1 atom stereocenters. The zero-order valence-electron chi connectivity index (χ0n) is 10.2. The number of ether oxygens (including phenoxy) is 1. The summed E-state index contributed by atoms with van der Waals surface area (Å²) in [6.45, 7) is 2.50. The topological polar surface area (TPSA) is 33.6 Å². The second-order valence-corrected chi connectivity index (χ2v) is 4.84. The molecule has 0 saturated carbocycles. The molecule has 0 aliphatic carbocycles. The van der Waals surface area contributed by atoms with E-state index in [2.05, 4.69) is 10.3 Å². The lowest BCUT2D eigenvalue weighted by Gasteiger charge is -2.21. The van der Waals surface area contributed by atoms with E-state index in [0.717, 1.165) is 31.8 Å². The average molecular weight is 248 g/mol. The van der Waals surface area contributed by atoms with E-state index in [9.17, 15) is 4.39 Å². The number of hydrogen-bond donors (Lipinski definition) is 1. The van der Waals surface area contributed by atoms with Crippen molar-refractivity contribution in [3.63, 3.8) is 0 Å². The van der Waals surface area contributed by atoms with Crippen LogP contribution in [-0.4, -0.2) is 25.6 Å². The molecule has 4 heteroatoms. The Morgan fingerprint density at radius 1 is 1.22 bits per heavy atom. The average Bonchev–Trinajstić information content (AvgIpc) is 2.90. The van der Waals surface area contributed by atoms with Crippen LogP contribution in [0.1, 0.15) is 24.4 Å². The van der Waals surface area contributed by atoms with Gasteiger partial charge in [-0.2, -0.15) is 0 Å². The van der Waals surface area contributed by atoms with Gasteiger partial charge >= 0.3 is 0 Å². The van der Waals surface area contributed by atoms with Crippen molar-refractivity contribution in [1.29, 1.82) is 0 Å². The summed E-state index contributed by atoms with van der Waals surface area (Å²) in [5.41, 5.74) is 0.640. The highest BCUT2D eigenvalue weighted by Gasteiger charge is 2.28. The summed E-state index contributed by atoms with van der Waals surface area (Å²) in [6.07, 6.45) is 2.12. The highest BCUT2D eigenvalue weighted by molar-refractivity contribution is 5.80. The minimum absolute atomic E-state index is 0.170. The van der Waals surface area contributed by atoms with Crippen LogP contribution in [0, 0.1) is 11.7 Å². The van der Waals surface area contributed by atoms with Crippen LogP contribution in [0.2, 0.25) is 0 Å². The van der Waals surface area contributed by atoms with Gasteiger partial charge in [-0.25, -0.2) is 9.38 Å². The van der Waals surface area contributed by atoms with E-state index >= 15 is 0 Å². The zero-order valence-corrected chi connectivity index (χ0v) is 10.2. The van der Waals surface area contributed by atoms with Crippen LogP contribution in [0.5, 0.6) is 0 Å². The molecule has 2 aliphatic rings. The third-order valence-electron chi connectivity index (χ3n) is 3.62. The Balaban J connectivity index is 1.77. The van der Waals surface area contributed by atoms with E-state index in [4.69, 9.17) is 4.74 Å². The second kappa shape index (κ2) is 5.06. The fourth-order valence-corrected chi connectivity index (χ4v) is 2.59. The second-order valence-electron chi connectivity index (χ2n) is 4.84. The first-order chi connectivity index (χ1) is 8.84. The van der Waals surface area contributed by atoms with Crippen molar-refractivity contribution in [2.75, 3.05) is 19.7 Å². The first-order valence-electron chi connectivity index (χ1n) is 6.50. The van der Waals surface area contributed by atoms with Gasteiger partial charge in [0.1, 0.15) is 18.5 Å². The molecule has 3 nitrogen and oxygen atoms in total. The summed E-state index contributed by atoms with van der Waals surface area (Å²) >= 11 is 0. The SMILES string of the molecule is Fc1ccccc1C1COC(C2CCNCC2)=N1. The molecule has 1 saturated heterocycles. The lowest BCUT2D eigenvalue weighted by atomic mass is 9.98. The number of nitrogens with one attached hydrogen (secondary N) is 1. The van der Waals surface area contributed by atoms with Crippen molar-refractivity contribution < 1.29 is 9.13 Å². The maximum absolute atomic E-state index is 13.7. The molecule has 3 rings (SSSR count). The smallest absolute Gasteiger partial charge is 0.187 e. The van der Waals surface area contributed by atoms with Gasteiger partial charge in [0.25, 0.3) is 0 Å². The van der Waals surface area contributed by atoms with Gasteiger partial charge in [-0.3, -0.25) is 0 Å². The Kier molecular flexibility index (Phi) is 3.28. The van der Waals surface area contributed by atoms with Gasteiger partial charge < -0.3 is 10.1 Å². The van der Waals surface area contributed by atoms with Gasteiger partial charge in [0, 0.05) is 11.5 Å². The molecule has 0 amide bonds. The number of rotatable bonds is 2. The van der Waals surface area contributed by atoms with Gasteiger partial charge in [-0.15, -0.1) is 0 Å². The highest BCUT2D eigenvalue weighted by atomic mass is 19.1. The van der Waals surface area contributed by atoms with Crippen LogP contribution in [0.3, 0.4) is 0 Å². The third-order valence-corrected chi connectivity index (χ3v) is 3.62. The van der Waals surface area contributed by atoms with Crippen LogP contribution < -0.4 is 5.32 Å². The molecule has 1 fully saturated rings. The number of aliphatic imine (C=N–C) groups is 1. The van der Waals surface area contributed by atoms with Crippen LogP contribution in [-0.2, 0) is 4.74 Å². The van der Waals surface area contributed by atoms with E-state index in [-0.39, 0.29) is 11.9 Å². The number of hydrogen-bond acceptors (Lipinski definition) is 3. The van der Waals surface area contributed by atoms with Crippen molar-refractivity contribution >= 4 is 5.90 Å². The fraction of sp³-hybridized carbons (Fsp3) is 0.500. The molecule has 0 aromatic heterocycles. The molecule has 1 aromatic carbocycles. The summed E-state index contributed by atoms with van der Waals surface area (Å²) < 4.78 is 19.3. The standard InChI is InChI=1S/C14H17FN2O/c15-12-4-2-1-3-11(12)13-9-18-14(17-13)10-5-7-16-8-6-10/h1-4,10,13,16H,5-9H2. The maximum atomic E-state index is 13.7. The Labute approximate surface area is 106 Å². The van der Waals surface area contributed by atoms with Crippen LogP contribution in [0.4, 0.5) is 4.39 Å². The van der Waals surface area contributed by atoms with E-state index in [1.54, 1.807) is 12.1 Å². The van der Waals surface area contributed by atoms with Gasteiger partial charge in [-0.05, 0) is 32.0 Å². The Morgan fingerprint density at radius 2 is 2.00 bits per heavy atom. The zero-order chi connectivity index (χ0) is 12.4. The quantitative estimate of drug-likeness (QED) is 0.871. The molecular formula is C14H17FN2O. The summed E-state index contributed by atoms with van der Waals surface area (Å²) in [5, 5.41) is 3.32. The first kappa shape index (κ1) is 11.7. The molecule has 2 heterocycles. The number of benzene rings is 1. The Bertz CT molecular complexity index is 455. The van der Waals surface area contributed by atoms with Crippen LogP contribution in [0.25, 0.3) is 0 Å². The van der Waals surface area contributed by atoms with E-state index in [0.29, 0.717) is 18.1 Å². The van der Waals surface area contributed by atoms with Crippen molar-refractivity contribution in [3.8, 4) is 0 Å². The maximum Gasteiger partial charge on any atom is 0.187 e. The van der Waals surface area contributed by atoms with Gasteiger partial charge in [0.15, 0.2) is 5.90 Å². The summed E-state index contributed by atoms with van der Waals surface area (Å²) in [7, 11) is 0. The minimum Gasteiger partial charge on any atom is -0.478 e. The lowest BCUT2D eigenvalue weighted by Crippen LogP contribution is -2.31. The van der Waals surface area contributed by atoms with Crippen molar-refractivity contribution in [2.24, 2.45) is 10.9 Å². The molecule has 1 aromatic rings. The van der Waals surface area contributed by atoms with Crippen LogP contribution >= 0.6 is 0 Å². The van der Waals surface area contributed by atoms with E-state index < -0.39 is 0 Å². The summed E-state index contributed by atoms with van der Waals surface area (Å²) in [6, 6.07) is 6.64. The highest BCUT2D eigenvalue weighted by Crippen LogP contribution is 2.29. The fourth-order valence-electron chi connectivity index (χ4n) is 2.59. The van der Waals surface area contributed by atoms with Crippen molar-refractivity contribution in [1.82, 2.24) is 5.32 Å². The molecule has 0 spiro atoms. The number of halogens is 1. The van der Waals surface area contributed by atoms with E-state index in [1.807, 2.05) is 6.07 Å². The number of piperidine rings is 1. The molecule has 0 radical (unpaired) electrons. The van der Waals surface area contributed by atoms with Gasteiger partial charge in [0.2, 0.25) is 0 Å². The third kappa shape index (κ3) is 2.25. The van der Waals surface area contributed by atoms with Crippen LogP contribution in [0.15, 0.2) is 29.3 Å².